The van der Waals surface area contributed by atoms with Gasteiger partial charge in [-0.3, -0.25) is 15.6 Å². The zero-order chi connectivity index (χ0) is 26.9. The molecule has 0 amide bonds. The van der Waals surface area contributed by atoms with Crippen LogP contribution in [0.25, 0.3) is 5.57 Å². The fourth-order valence-electron chi connectivity index (χ4n) is 6.02. The highest BCUT2D eigenvalue weighted by Gasteiger charge is 2.43. The van der Waals surface area contributed by atoms with Crippen LogP contribution >= 0.6 is 0 Å². The molecule has 0 spiro atoms. The third-order valence-corrected chi connectivity index (χ3v) is 11.9. The zero-order valence-electron chi connectivity index (χ0n) is 21.1. The van der Waals surface area contributed by atoms with Crippen LogP contribution in [0.5, 0.6) is 0 Å². The lowest BCUT2D eigenvalue weighted by atomic mass is 9.85. The Bertz CT molecular complexity index is 1480. The zero-order valence-corrected chi connectivity index (χ0v) is 22.1. The number of carbonyl (C=O) groups is 1. The predicted octanol–water partition coefficient (Wildman–Crippen LogP) is 4.65. The van der Waals surface area contributed by atoms with Gasteiger partial charge in [-0.15, -0.1) is 0 Å². The number of halogens is 3. The van der Waals surface area contributed by atoms with Crippen molar-refractivity contribution in [3.63, 3.8) is 0 Å². The Morgan fingerprint density at radius 1 is 1.05 bits per heavy atom. The lowest BCUT2D eigenvalue weighted by Crippen LogP contribution is -2.52. The Labute approximate surface area is 219 Å². The number of benzene rings is 2. The second-order valence-electron chi connectivity index (χ2n) is 10.8. The number of aromatic carboxylic acids is 1. The molecule has 2 saturated heterocycles. The van der Waals surface area contributed by atoms with E-state index in [-0.39, 0.29) is 11.6 Å². The first-order valence-corrected chi connectivity index (χ1v) is 15.8. The first-order valence-electron chi connectivity index (χ1n) is 12.8. The summed E-state index contributed by atoms with van der Waals surface area (Å²) in [5.41, 5.74) is 1.03. The molecule has 6 rings (SSSR count). The molecule has 2 fully saturated rings. The molecule has 0 aromatic heterocycles. The van der Waals surface area contributed by atoms with Gasteiger partial charge < -0.3 is 10.0 Å². The van der Waals surface area contributed by atoms with Crippen LogP contribution in [-0.4, -0.2) is 61.5 Å². The number of likely N-dealkylation sites (tertiary alicyclic amines) is 1. The van der Waals surface area contributed by atoms with Crippen LogP contribution in [0.15, 0.2) is 47.2 Å². The molecule has 10 heteroatoms. The van der Waals surface area contributed by atoms with Crippen LogP contribution in [0, 0.1) is 17.5 Å². The quantitative estimate of drug-likeness (QED) is 0.292. The molecule has 0 saturated carbocycles. The first kappa shape index (κ1) is 25.0. The van der Waals surface area contributed by atoms with Crippen molar-refractivity contribution >= 4 is 36.2 Å². The molecule has 198 valence electrons. The first-order chi connectivity index (χ1) is 18.1. The molecule has 6 nitrogen and oxygen atoms in total. The standard InChI is InChI=1S/C28H28F3N3O3Si/c1-38(2)19-13-15(33-9-3-10-33)5-7-17(19)21(18-8-6-16(14-20(18)38)34-11-4-12-34)22-23(28(35)36)24(29)26(31)27(32-37)25(22)30/h5-8,13-15,32,37H,3-4,9-12H2,1-2H3,(H,35,36). The molecule has 4 aliphatic rings. The van der Waals surface area contributed by atoms with Crippen molar-refractivity contribution in [3.8, 4) is 0 Å². The van der Waals surface area contributed by atoms with Crippen molar-refractivity contribution < 1.29 is 28.3 Å². The van der Waals surface area contributed by atoms with Crippen LogP contribution in [0.2, 0.25) is 13.1 Å². The fraction of sp³-hybridized carbons (Fsp3) is 0.321. The number of hydrogen-bond donors (Lipinski definition) is 3. The van der Waals surface area contributed by atoms with E-state index in [1.165, 1.54) is 5.48 Å². The van der Waals surface area contributed by atoms with Crippen molar-refractivity contribution in [1.82, 2.24) is 4.90 Å². The lowest BCUT2D eigenvalue weighted by Gasteiger charge is -2.43. The summed E-state index contributed by atoms with van der Waals surface area (Å²) in [4.78, 5) is 16.8. The van der Waals surface area contributed by atoms with Crippen molar-refractivity contribution in [2.75, 3.05) is 36.6 Å². The maximum atomic E-state index is 15.9. The monoisotopic (exact) mass is 539 g/mol. The average Bonchev–Trinajstić information content (AvgIpc) is 2.81. The number of carboxylic acid groups (broad SMARTS) is 1. The van der Waals surface area contributed by atoms with E-state index in [4.69, 9.17) is 0 Å². The third kappa shape index (κ3) is 3.50. The Hall–Kier alpha value is -3.34. The summed E-state index contributed by atoms with van der Waals surface area (Å²) in [6.45, 7) is 8.22. The number of fused-ring (bicyclic) bond motifs is 2. The molecule has 2 aromatic carbocycles. The van der Waals surface area contributed by atoms with E-state index in [0.29, 0.717) is 11.1 Å². The van der Waals surface area contributed by atoms with Gasteiger partial charge in [0.25, 0.3) is 0 Å². The molecule has 3 N–H and O–H groups in total. The topological polar surface area (TPSA) is 76.0 Å². The molecule has 3 aliphatic heterocycles. The van der Waals surface area contributed by atoms with Gasteiger partial charge in [0.05, 0.1) is 0 Å². The number of allylic oxidation sites excluding steroid dienone is 3. The number of rotatable bonds is 5. The molecule has 0 radical (unpaired) electrons. The minimum atomic E-state index is -2.40. The third-order valence-electron chi connectivity index (χ3n) is 8.41. The van der Waals surface area contributed by atoms with Gasteiger partial charge in [-0.25, -0.2) is 18.0 Å². The molecule has 1 atom stereocenters. The van der Waals surface area contributed by atoms with Gasteiger partial charge in [0.1, 0.15) is 19.3 Å². The molecule has 2 aromatic rings. The predicted molar refractivity (Wildman–Crippen MR) is 142 cm³/mol. The molecule has 0 bridgehead atoms. The number of carboxylic acids is 1. The maximum Gasteiger partial charge on any atom is 0.339 e. The summed E-state index contributed by atoms with van der Waals surface area (Å²) in [6, 6.07) is 5.90. The molecule has 1 unspecified atom stereocenters. The van der Waals surface area contributed by atoms with Gasteiger partial charge in [-0.2, -0.15) is 0 Å². The second kappa shape index (κ2) is 8.86. The molecule has 1 aliphatic carbocycles. The number of anilines is 2. The fourth-order valence-corrected chi connectivity index (χ4v) is 9.17. The van der Waals surface area contributed by atoms with E-state index in [1.807, 2.05) is 24.3 Å². The minimum Gasteiger partial charge on any atom is -0.478 e. The van der Waals surface area contributed by atoms with Gasteiger partial charge in [0.2, 0.25) is 0 Å². The van der Waals surface area contributed by atoms with Gasteiger partial charge in [-0.05, 0) is 52.1 Å². The van der Waals surface area contributed by atoms with E-state index < -0.39 is 48.3 Å². The summed E-state index contributed by atoms with van der Waals surface area (Å²) in [7, 11) is -2.40. The van der Waals surface area contributed by atoms with Gasteiger partial charge in [-0.1, -0.05) is 37.4 Å². The molecular weight excluding hydrogens is 511 g/mol. The molecule has 3 heterocycles. The number of hydrogen-bond acceptors (Lipinski definition) is 5. The minimum absolute atomic E-state index is 0.0547. The highest BCUT2D eigenvalue weighted by molar-refractivity contribution is 6.97. The molecular formula is C28H28F3N3O3Si. The van der Waals surface area contributed by atoms with E-state index in [1.54, 1.807) is 0 Å². The van der Waals surface area contributed by atoms with Crippen LogP contribution in [-0.2, 0) is 0 Å². The smallest absolute Gasteiger partial charge is 0.339 e. The van der Waals surface area contributed by atoms with Crippen molar-refractivity contribution in [3.05, 3.63) is 81.3 Å². The summed E-state index contributed by atoms with van der Waals surface area (Å²) < 4.78 is 45.7. The van der Waals surface area contributed by atoms with Crippen LogP contribution < -0.4 is 15.6 Å². The highest BCUT2D eigenvalue weighted by atomic mass is 28.3. The SMILES string of the molecule is C[Si]1(C)C2=CC(N3CCC3)C=CC2=C(c2c(F)c(NO)c(F)c(F)c2C(=O)O)c2ccc(N3CCC3)cc21. The average molecular weight is 540 g/mol. The van der Waals surface area contributed by atoms with Crippen LogP contribution in [0.4, 0.5) is 24.5 Å². The normalized spacial score (nSPS) is 21.8. The Morgan fingerprint density at radius 3 is 2.34 bits per heavy atom. The summed E-state index contributed by atoms with van der Waals surface area (Å²) in [6.07, 6.45) is 8.24. The Balaban J connectivity index is 1.69. The second-order valence-corrected chi connectivity index (χ2v) is 15.1. The summed E-state index contributed by atoms with van der Waals surface area (Å²) >= 11 is 0. The van der Waals surface area contributed by atoms with Gasteiger partial charge >= 0.3 is 5.97 Å². The van der Waals surface area contributed by atoms with E-state index in [9.17, 15) is 19.5 Å². The number of nitrogens with one attached hydrogen (secondary N) is 1. The van der Waals surface area contributed by atoms with Crippen molar-refractivity contribution in [2.45, 2.75) is 32.0 Å². The van der Waals surface area contributed by atoms with Crippen LogP contribution in [0.1, 0.15) is 34.3 Å². The molecule has 38 heavy (non-hydrogen) atoms. The summed E-state index contributed by atoms with van der Waals surface area (Å²) in [5.74, 6) is -6.67. The van der Waals surface area contributed by atoms with Gasteiger partial charge in [0.15, 0.2) is 17.5 Å². The van der Waals surface area contributed by atoms with E-state index in [0.717, 1.165) is 55.1 Å². The maximum absolute atomic E-state index is 15.9. The Kier molecular flexibility index (Phi) is 5.82. The summed E-state index contributed by atoms with van der Waals surface area (Å²) in [5, 5.41) is 21.4. The lowest BCUT2D eigenvalue weighted by molar-refractivity contribution is 0.0689. The van der Waals surface area contributed by atoms with E-state index >= 15 is 8.78 Å². The van der Waals surface area contributed by atoms with Gasteiger partial charge in [0, 0.05) is 43.5 Å². The Morgan fingerprint density at radius 2 is 1.76 bits per heavy atom. The van der Waals surface area contributed by atoms with Crippen molar-refractivity contribution in [2.24, 2.45) is 0 Å². The largest absolute Gasteiger partial charge is 0.478 e. The highest BCUT2D eigenvalue weighted by Crippen LogP contribution is 2.46. The van der Waals surface area contributed by atoms with Crippen molar-refractivity contribution in [1.29, 1.82) is 0 Å². The number of nitrogens with zero attached hydrogens (tertiary/aromatic N) is 2. The van der Waals surface area contributed by atoms with Crippen LogP contribution in [0.3, 0.4) is 0 Å². The van der Waals surface area contributed by atoms with E-state index in [2.05, 4.69) is 35.0 Å².